The van der Waals surface area contributed by atoms with E-state index in [-0.39, 0.29) is 5.69 Å². The third kappa shape index (κ3) is 1.37. The lowest BCUT2D eigenvalue weighted by molar-refractivity contribution is 0.0996. The van der Waals surface area contributed by atoms with Gasteiger partial charge >= 0.3 is 0 Å². The molecule has 0 bridgehead atoms. The first-order valence-electron chi connectivity index (χ1n) is 4.05. The van der Waals surface area contributed by atoms with E-state index in [2.05, 4.69) is 10.1 Å². The Morgan fingerprint density at radius 3 is 2.71 bits per heavy atom. The maximum absolute atomic E-state index is 11.0. The molecule has 1 aromatic carbocycles. The van der Waals surface area contributed by atoms with Gasteiger partial charge in [-0.25, -0.2) is 0 Å². The summed E-state index contributed by atoms with van der Waals surface area (Å²) in [7, 11) is 0. The Kier molecular flexibility index (Phi) is 2.02. The Morgan fingerprint density at radius 2 is 2.00 bits per heavy atom. The van der Waals surface area contributed by atoms with E-state index in [9.17, 15) is 4.79 Å². The van der Waals surface area contributed by atoms with Crippen molar-refractivity contribution in [2.75, 3.05) is 0 Å². The molecule has 2 rings (SSSR count). The summed E-state index contributed by atoms with van der Waals surface area (Å²) in [6, 6.07) is 9.11. The Morgan fingerprint density at radius 1 is 1.29 bits per heavy atom. The fourth-order valence-corrected chi connectivity index (χ4v) is 1.25. The molecule has 0 fully saturated rings. The largest absolute Gasteiger partial charge is 0.704 e. The molecule has 4 heteroatoms. The normalized spacial score (nSPS) is 10.0. The van der Waals surface area contributed by atoms with Crippen molar-refractivity contribution in [3.05, 3.63) is 47.8 Å². The molecule has 1 heterocycles. The number of rotatable bonds is 1. The van der Waals surface area contributed by atoms with Crippen molar-refractivity contribution in [1.82, 2.24) is 4.98 Å². The Labute approximate surface area is 80.1 Å². The first-order valence-corrected chi connectivity index (χ1v) is 4.05. The van der Waals surface area contributed by atoms with Gasteiger partial charge in [0.2, 0.25) is 0 Å². The third-order valence-corrected chi connectivity index (χ3v) is 1.94. The molecular weight excluding hydrogens is 178 g/mol. The van der Waals surface area contributed by atoms with Crippen LogP contribution in [0.2, 0.25) is 0 Å². The number of pyridine rings is 1. The van der Waals surface area contributed by atoms with Crippen molar-refractivity contribution in [3.8, 4) is 0 Å². The first kappa shape index (κ1) is 8.50. The Hall–Kier alpha value is -2.10. The summed E-state index contributed by atoms with van der Waals surface area (Å²) >= 11 is 0. The van der Waals surface area contributed by atoms with Gasteiger partial charge in [-0.3, -0.25) is 9.78 Å². The van der Waals surface area contributed by atoms with Crippen LogP contribution in [0, 0.1) is 0 Å². The second-order valence-electron chi connectivity index (χ2n) is 2.82. The van der Waals surface area contributed by atoms with Crippen molar-refractivity contribution in [2.24, 2.45) is 5.11 Å². The van der Waals surface area contributed by atoms with E-state index in [0.717, 1.165) is 10.8 Å². The van der Waals surface area contributed by atoms with Gasteiger partial charge in [0.25, 0.3) is 5.91 Å². The van der Waals surface area contributed by atoms with E-state index in [1.54, 1.807) is 12.3 Å². The van der Waals surface area contributed by atoms with Crippen LogP contribution in [0.25, 0.3) is 16.3 Å². The summed E-state index contributed by atoms with van der Waals surface area (Å²) < 4.78 is 0. The summed E-state index contributed by atoms with van der Waals surface area (Å²) in [5.41, 5.74) is 8.44. The third-order valence-electron chi connectivity index (χ3n) is 1.94. The van der Waals surface area contributed by atoms with Crippen LogP contribution in [0.3, 0.4) is 0 Å². The molecule has 0 aliphatic rings. The van der Waals surface area contributed by atoms with Crippen LogP contribution >= 0.6 is 0 Å². The van der Waals surface area contributed by atoms with Crippen LogP contribution in [0.15, 0.2) is 41.6 Å². The lowest BCUT2D eigenvalue weighted by atomic mass is 10.1. The smallest absolute Gasteiger partial charge is 0.275 e. The number of hydrogen-bond acceptors (Lipinski definition) is 2. The van der Waals surface area contributed by atoms with E-state index < -0.39 is 5.91 Å². The van der Waals surface area contributed by atoms with Crippen LogP contribution in [0.1, 0.15) is 10.5 Å². The predicted molar refractivity (Wildman–Crippen MR) is 51.9 cm³/mol. The minimum absolute atomic E-state index is 0.145. The zero-order valence-corrected chi connectivity index (χ0v) is 7.21. The molecule has 0 aliphatic carbocycles. The van der Waals surface area contributed by atoms with Crippen molar-refractivity contribution in [1.29, 1.82) is 0 Å². The van der Waals surface area contributed by atoms with E-state index >= 15 is 0 Å². The van der Waals surface area contributed by atoms with Crippen molar-refractivity contribution in [3.63, 3.8) is 0 Å². The highest BCUT2D eigenvalue weighted by molar-refractivity contribution is 5.96. The predicted octanol–water partition coefficient (Wildman–Crippen LogP) is 2.40. The molecule has 1 aromatic heterocycles. The van der Waals surface area contributed by atoms with Gasteiger partial charge in [-0.2, -0.15) is 0 Å². The lowest BCUT2D eigenvalue weighted by Gasteiger charge is -1.99. The maximum Gasteiger partial charge on any atom is 0.275 e. The van der Waals surface area contributed by atoms with Crippen LogP contribution in [-0.4, -0.2) is 10.9 Å². The van der Waals surface area contributed by atoms with Gasteiger partial charge in [0.1, 0.15) is 5.69 Å². The summed E-state index contributed by atoms with van der Waals surface area (Å²) in [4.78, 5) is 14.9. The Bertz CT molecular complexity index is 507. The number of nitrogens with zero attached hydrogens (tertiary/aromatic N) is 3. The van der Waals surface area contributed by atoms with Crippen LogP contribution in [0.4, 0.5) is 0 Å². The minimum atomic E-state index is -0.726. The molecule has 14 heavy (non-hydrogen) atoms. The fraction of sp³-hybridized carbons (Fsp3) is 0. The monoisotopic (exact) mass is 184 g/mol. The molecule has 2 aromatic rings. The molecule has 4 nitrogen and oxygen atoms in total. The first-order chi connectivity index (χ1) is 6.81. The van der Waals surface area contributed by atoms with Crippen molar-refractivity contribution in [2.45, 2.75) is 0 Å². The standard InChI is InChI=1S/C10H6N3O/c11-13-10(14)9-5-7-3-1-2-4-8(7)6-12-9/h1-6H/q-1. The summed E-state index contributed by atoms with van der Waals surface area (Å²) in [5, 5.41) is 4.41. The van der Waals surface area contributed by atoms with E-state index in [1.807, 2.05) is 24.3 Å². The number of amides is 1. The van der Waals surface area contributed by atoms with Gasteiger partial charge in [-0.15, -0.1) is 0 Å². The molecule has 1 amide bonds. The molecule has 0 atom stereocenters. The van der Waals surface area contributed by atoms with Gasteiger partial charge in [0.15, 0.2) is 0 Å². The molecule has 0 saturated carbocycles. The van der Waals surface area contributed by atoms with Gasteiger partial charge < -0.3 is 10.6 Å². The van der Waals surface area contributed by atoms with Crippen LogP contribution < -0.4 is 0 Å². The molecule has 0 unspecified atom stereocenters. The molecular formula is C10H6N3O-. The Balaban J connectivity index is 2.62. The zero-order valence-electron chi connectivity index (χ0n) is 7.21. The number of fused-ring (bicyclic) bond motifs is 1. The van der Waals surface area contributed by atoms with E-state index in [4.69, 9.17) is 5.53 Å². The van der Waals surface area contributed by atoms with Gasteiger partial charge in [-0.1, -0.05) is 24.3 Å². The van der Waals surface area contributed by atoms with Crippen molar-refractivity contribution >= 4 is 16.7 Å². The molecule has 0 N–H and O–H groups in total. The van der Waals surface area contributed by atoms with Gasteiger partial charge in [0, 0.05) is 11.6 Å². The van der Waals surface area contributed by atoms with E-state index in [1.165, 1.54) is 0 Å². The van der Waals surface area contributed by atoms with Crippen LogP contribution in [-0.2, 0) is 0 Å². The zero-order chi connectivity index (χ0) is 9.97. The summed E-state index contributed by atoms with van der Waals surface area (Å²) in [6.45, 7) is 0. The lowest BCUT2D eigenvalue weighted by Crippen LogP contribution is -1.96. The number of carbonyl (C=O) groups is 1. The number of benzene rings is 1. The van der Waals surface area contributed by atoms with Gasteiger partial charge in [0.05, 0.1) is 0 Å². The number of carbonyl (C=O) groups excluding carboxylic acids is 1. The van der Waals surface area contributed by atoms with Crippen LogP contribution in [0.5, 0.6) is 0 Å². The minimum Gasteiger partial charge on any atom is -0.704 e. The second-order valence-corrected chi connectivity index (χ2v) is 2.82. The molecule has 0 spiro atoms. The molecule has 0 saturated heterocycles. The topological polar surface area (TPSA) is 64.6 Å². The summed E-state index contributed by atoms with van der Waals surface area (Å²) in [6.07, 6.45) is 1.58. The average Bonchev–Trinajstić information content (AvgIpc) is 2.27. The quantitative estimate of drug-likeness (QED) is 0.638. The molecule has 68 valence electrons. The summed E-state index contributed by atoms with van der Waals surface area (Å²) in [5.74, 6) is -0.726. The average molecular weight is 184 g/mol. The number of hydrogen-bond donors (Lipinski definition) is 0. The maximum atomic E-state index is 11.0. The molecule has 0 aliphatic heterocycles. The SMILES string of the molecule is [N-]=NC(=O)c1cc2ccccc2cn1. The fourth-order valence-electron chi connectivity index (χ4n) is 1.25. The number of aromatic nitrogens is 1. The molecule has 0 radical (unpaired) electrons. The highest BCUT2D eigenvalue weighted by Crippen LogP contribution is 2.13. The van der Waals surface area contributed by atoms with E-state index in [0.29, 0.717) is 0 Å². The van der Waals surface area contributed by atoms with Crippen molar-refractivity contribution < 1.29 is 4.79 Å². The highest BCUT2D eigenvalue weighted by atomic mass is 16.1. The highest BCUT2D eigenvalue weighted by Gasteiger charge is 2.02. The van der Waals surface area contributed by atoms with Gasteiger partial charge in [-0.05, 0) is 11.5 Å². The second kappa shape index (κ2) is 3.33.